The molecule has 0 aromatic rings. The lowest BCUT2D eigenvalue weighted by Gasteiger charge is -2.65. The lowest BCUT2D eigenvalue weighted by atomic mass is 9.44. The standard InChI is InChI=1S/C24H33ClO6/c1-14-8-18-17-5-4-15-9-16(26)6-7-20(15,2)23(17,25)19(27)10-21(18,3)24(14)22(30-13-31-24)11-28-12-29-22/h9,14,17-19,27H,4-8,10-13H2,1-3H3/t14-,17+,18+,19+,20+,21+,22?,23+,24-/m1/s1. The number of carbonyl (C=O) groups excluding carboxylic acids is 1. The van der Waals surface area contributed by atoms with E-state index in [0.29, 0.717) is 25.9 Å². The maximum Gasteiger partial charge on any atom is 0.227 e. The molecule has 2 saturated heterocycles. The summed E-state index contributed by atoms with van der Waals surface area (Å²) in [5, 5.41) is 11.8. The summed E-state index contributed by atoms with van der Waals surface area (Å²) >= 11 is 7.58. The largest absolute Gasteiger partial charge is 0.391 e. The van der Waals surface area contributed by atoms with Gasteiger partial charge in [-0.05, 0) is 55.9 Å². The number of ether oxygens (including phenoxy) is 4. The van der Waals surface area contributed by atoms with E-state index in [-0.39, 0.29) is 48.0 Å². The van der Waals surface area contributed by atoms with Crippen LogP contribution >= 0.6 is 11.6 Å². The first-order valence-corrected chi connectivity index (χ1v) is 12.1. The number of carbonyl (C=O) groups is 1. The second-order valence-corrected chi connectivity index (χ2v) is 11.9. The smallest absolute Gasteiger partial charge is 0.227 e. The van der Waals surface area contributed by atoms with Crippen molar-refractivity contribution in [1.82, 2.24) is 0 Å². The Labute approximate surface area is 188 Å². The van der Waals surface area contributed by atoms with E-state index in [9.17, 15) is 9.90 Å². The molecule has 6 aliphatic rings. The van der Waals surface area contributed by atoms with E-state index in [1.807, 2.05) is 6.08 Å². The van der Waals surface area contributed by atoms with Gasteiger partial charge >= 0.3 is 0 Å². The molecule has 0 aromatic carbocycles. The highest BCUT2D eigenvalue weighted by Gasteiger charge is 2.81. The first-order chi connectivity index (χ1) is 14.6. The van der Waals surface area contributed by atoms with Crippen LogP contribution in [0.15, 0.2) is 11.6 Å². The molecule has 0 amide bonds. The second-order valence-electron chi connectivity index (χ2n) is 11.3. The van der Waals surface area contributed by atoms with Crippen LogP contribution in [0, 0.1) is 28.6 Å². The van der Waals surface area contributed by atoms with Crippen LogP contribution in [0.1, 0.15) is 59.3 Å². The number of aliphatic hydroxyl groups is 1. The van der Waals surface area contributed by atoms with Crippen molar-refractivity contribution in [3.63, 3.8) is 0 Å². The molecule has 4 aliphatic carbocycles. The van der Waals surface area contributed by atoms with Gasteiger partial charge in [0.2, 0.25) is 5.79 Å². The molecule has 1 unspecified atom stereocenters. The molecular weight excluding hydrogens is 420 g/mol. The summed E-state index contributed by atoms with van der Waals surface area (Å²) in [6.07, 6.45) is 5.52. The van der Waals surface area contributed by atoms with E-state index in [1.165, 1.54) is 0 Å². The monoisotopic (exact) mass is 452 g/mol. The summed E-state index contributed by atoms with van der Waals surface area (Å²) in [6, 6.07) is 0. The Bertz CT molecular complexity index is 847. The average molecular weight is 453 g/mol. The molecule has 9 atom stereocenters. The number of fused-ring (bicyclic) bond motifs is 7. The van der Waals surface area contributed by atoms with Crippen LogP contribution < -0.4 is 0 Å². The Kier molecular flexibility index (Phi) is 4.30. The van der Waals surface area contributed by atoms with Gasteiger partial charge in [-0.3, -0.25) is 4.79 Å². The van der Waals surface area contributed by atoms with Crippen molar-refractivity contribution in [3.05, 3.63) is 11.6 Å². The van der Waals surface area contributed by atoms with Crippen LogP contribution in [0.25, 0.3) is 0 Å². The van der Waals surface area contributed by atoms with E-state index in [2.05, 4.69) is 20.8 Å². The lowest BCUT2D eigenvalue weighted by molar-refractivity contribution is -0.265. The molecule has 7 heteroatoms. The van der Waals surface area contributed by atoms with Crippen molar-refractivity contribution in [3.8, 4) is 0 Å². The van der Waals surface area contributed by atoms with Gasteiger partial charge in [-0.25, -0.2) is 0 Å². The van der Waals surface area contributed by atoms with Gasteiger partial charge in [-0.2, -0.15) is 0 Å². The highest BCUT2D eigenvalue weighted by molar-refractivity contribution is 6.26. The third-order valence-corrected chi connectivity index (χ3v) is 11.3. The van der Waals surface area contributed by atoms with Crippen molar-refractivity contribution in [1.29, 1.82) is 0 Å². The predicted molar refractivity (Wildman–Crippen MR) is 112 cm³/mol. The predicted octanol–water partition coefficient (Wildman–Crippen LogP) is 3.54. The van der Waals surface area contributed by atoms with E-state index in [0.717, 1.165) is 24.8 Å². The SMILES string of the molecule is C[C@@H]1C[C@H]2[C@@H]3CCC4=CC(=O)CC[C@]4(C)[C@@]3(Cl)[C@@H](O)C[C@]2(C)[C@]12OCOC21COCO1. The number of rotatable bonds is 0. The fourth-order valence-corrected chi connectivity index (χ4v) is 9.65. The highest BCUT2D eigenvalue weighted by atomic mass is 35.5. The topological polar surface area (TPSA) is 74.2 Å². The van der Waals surface area contributed by atoms with Crippen LogP contribution in [0.5, 0.6) is 0 Å². The van der Waals surface area contributed by atoms with Crippen molar-refractivity contribution in [2.75, 3.05) is 20.2 Å². The molecule has 0 bridgehead atoms. The molecule has 5 fully saturated rings. The van der Waals surface area contributed by atoms with Crippen molar-refractivity contribution in [2.45, 2.75) is 81.7 Å². The quantitative estimate of drug-likeness (QED) is 0.567. The Morgan fingerprint density at radius 3 is 2.65 bits per heavy atom. The summed E-state index contributed by atoms with van der Waals surface area (Å²) in [7, 11) is 0. The van der Waals surface area contributed by atoms with Gasteiger partial charge in [0.25, 0.3) is 0 Å². The van der Waals surface area contributed by atoms with Crippen LogP contribution in [0.4, 0.5) is 0 Å². The van der Waals surface area contributed by atoms with Crippen LogP contribution in [0.3, 0.4) is 0 Å². The van der Waals surface area contributed by atoms with Gasteiger partial charge < -0.3 is 24.1 Å². The Morgan fingerprint density at radius 2 is 1.90 bits per heavy atom. The summed E-state index contributed by atoms with van der Waals surface area (Å²) in [5.74, 6) is -0.170. The van der Waals surface area contributed by atoms with Crippen molar-refractivity contribution in [2.24, 2.45) is 28.6 Å². The van der Waals surface area contributed by atoms with E-state index < -0.39 is 22.4 Å². The number of hydrogen-bond acceptors (Lipinski definition) is 6. The molecule has 0 aromatic heterocycles. The molecule has 1 N–H and O–H groups in total. The second kappa shape index (κ2) is 6.34. The van der Waals surface area contributed by atoms with Crippen LogP contribution in [-0.2, 0) is 23.7 Å². The fourth-order valence-electron chi connectivity index (χ4n) is 9.10. The fraction of sp³-hybridized carbons (Fsp3) is 0.875. The van der Waals surface area contributed by atoms with Crippen molar-refractivity contribution < 1.29 is 28.8 Å². The third-order valence-electron chi connectivity index (χ3n) is 10.4. The molecule has 172 valence electrons. The number of halogens is 1. The van der Waals surface area contributed by atoms with E-state index >= 15 is 0 Å². The zero-order valence-corrected chi connectivity index (χ0v) is 19.4. The van der Waals surface area contributed by atoms with E-state index in [4.69, 9.17) is 30.5 Å². The number of alkyl halides is 1. The first-order valence-electron chi connectivity index (χ1n) is 11.8. The zero-order chi connectivity index (χ0) is 21.9. The number of ketones is 1. The summed E-state index contributed by atoms with van der Waals surface area (Å²) in [6.45, 7) is 7.37. The van der Waals surface area contributed by atoms with Gasteiger partial charge in [0.1, 0.15) is 12.2 Å². The zero-order valence-electron chi connectivity index (χ0n) is 18.6. The molecule has 31 heavy (non-hydrogen) atoms. The number of hydrogen-bond donors (Lipinski definition) is 1. The molecule has 2 heterocycles. The summed E-state index contributed by atoms with van der Waals surface area (Å²) in [4.78, 5) is 11.4. The minimum Gasteiger partial charge on any atom is -0.391 e. The summed E-state index contributed by atoms with van der Waals surface area (Å²) < 4.78 is 24.3. The average Bonchev–Trinajstić information content (AvgIpc) is 3.40. The van der Waals surface area contributed by atoms with Gasteiger partial charge in [0.15, 0.2) is 19.4 Å². The van der Waals surface area contributed by atoms with Gasteiger partial charge in [0.05, 0.1) is 11.0 Å². The third kappa shape index (κ3) is 2.17. The highest BCUT2D eigenvalue weighted by Crippen LogP contribution is 2.75. The van der Waals surface area contributed by atoms with Gasteiger partial charge in [-0.1, -0.05) is 26.3 Å². The minimum absolute atomic E-state index is 0.128. The number of aliphatic hydroxyl groups excluding tert-OH is 1. The van der Waals surface area contributed by atoms with Gasteiger partial charge in [-0.15, -0.1) is 11.6 Å². The first kappa shape index (κ1) is 21.1. The maximum absolute atomic E-state index is 12.2. The Hall–Kier alpha value is -0.500. The molecule has 2 aliphatic heterocycles. The molecular formula is C24H33ClO6. The normalized spacial score (nSPS) is 58.4. The lowest BCUT2D eigenvalue weighted by Crippen LogP contribution is -2.71. The number of allylic oxidation sites excluding steroid dienone is 1. The Morgan fingerprint density at radius 1 is 1.13 bits per heavy atom. The molecule has 2 spiro atoms. The summed E-state index contributed by atoms with van der Waals surface area (Å²) in [5.41, 5.74) is -0.285. The van der Waals surface area contributed by atoms with E-state index in [1.54, 1.807) is 0 Å². The maximum atomic E-state index is 12.2. The van der Waals surface area contributed by atoms with Gasteiger partial charge in [0, 0.05) is 17.3 Å². The minimum atomic E-state index is -0.928. The Balaban J connectivity index is 1.47. The molecule has 3 saturated carbocycles. The molecule has 6 nitrogen and oxygen atoms in total. The van der Waals surface area contributed by atoms with Crippen molar-refractivity contribution >= 4 is 17.4 Å². The molecule has 6 rings (SSSR count). The van der Waals surface area contributed by atoms with Crippen LogP contribution in [-0.4, -0.2) is 53.4 Å². The molecule has 0 radical (unpaired) electrons. The van der Waals surface area contributed by atoms with Crippen LogP contribution in [0.2, 0.25) is 0 Å².